The summed E-state index contributed by atoms with van der Waals surface area (Å²) in [6, 6.07) is 2.97. The molecule has 6 nitrogen and oxygen atoms in total. The quantitative estimate of drug-likeness (QED) is 0.770. The van der Waals surface area contributed by atoms with Crippen LogP contribution in [0.4, 0.5) is 18.0 Å². The Bertz CT molecular complexity index is 866. The molecule has 2 atom stereocenters. The van der Waals surface area contributed by atoms with Crippen molar-refractivity contribution in [1.82, 2.24) is 15.5 Å². The van der Waals surface area contributed by atoms with E-state index in [9.17, 15) is 27.6 Å². The number of nitrogens with zero attached hydrogens (tertiary/aromatic N) is 1. The molecule has 1 saturated heterocycles. The van der Waals surface area contributed by atoms with Gasteiger partial charge in [0.1, 0.15) is 5.54 Å². The van der Waals surface area contributed by atoms with Gasteiger partial charge in [-0.15, -0.1) is 0 Å². The van der Waals surface area contributed by atoms with E-state index in [1.165, 1.54) is 11.0 Å². The number of nitrogens with one attached hydrogen (secondary N) is 2. The molecule has 1 aromatic carbocycles. The standard InChI is InChI=1S/C19H20F3N3O3/c1-10(7-18(13-4-5-13)16(27)23-17(28)24-18)15(26)25-8-11-2-3-14(19(20,21)22)6-12(11)9-25/h2-3,6,10,13H,4-5,7-9H2,1H3,(H2,23,24,27,28)/t10?,18-/m0/s1. The normalized spacial score (nSPS) is 25.4. The number of rotatable bonds is 4. The Balaban J connectivity index is 1.47. The van der Waals surface area contributed by atoms with Crippen LogP contribution in [0.25, 0.3) is 0 Å². The summed E-state index contributed by atoms with van der Waals surface area (Å²) in [7, 11) is 0. The lowest BCUT2D eigenvalue weighted by atomic mass is 9.83. The number of alkyl halides is 3. The molecule has 2 N–H and O–H groups in total. The third-order valence-electron chi connectivity index (χ3n) is 5.86. The average Bonchev–Trinajstić information content (AvgIpc) is 3.31. The molecule has 2 heterocycles. The van der Waals surface area contributed by atoms with Crippen molar-refractivity contribution < 1.29 is 27.6 Å². The molecule has 4 rings (SSSR count). The van der Waals surface area contributed by atoms with E-state index in [4.69, 9.17) is 0 Å². The van der Waals surface area contributed by atoms with Crippen molar-refractivity contribution in [2.75, 3.05) is 0 Å². The van der Waals surface area contributed by atoms with Crippen LogP contribution in [0.5, 0.6) is 0 Å². The molecule has 2 aliphatic heterocycles. The van der Waals surface area contributed by atoms with Gasteiger partial charge < -0.3 is 10.2 Å². The molecule has 28 heavy (non-hydrogen) atoms. The maximum atomic E-state index is 12.9. The fourth-order valence-electron chi connectivity index (χ4n) is 4.29. The number of urea groups is 1. The number of imide groups is 1. The first kappa shape index (κ1) is 18.8. The fourth-order valence-corrected chi connectivity index (χ4v) is 4.29. The van der Waals surface area contributed by atoms with Crippen LogP contribution in [0, 0.1) is 11.8 Å². The summed E-state index contributed by atoms with van der Waals surface area (Å²) >= 11 is 0. The maximum Gasteiger partial charge on any atom is 0.416 e. The first-order valence-corrected chi connectivity index (χ1v) is 9.21. The number of carbonyl (C=O) groups is 3. The molecule has 1 aliphatic carbocycles. The van der Waals surface area contributed by atoms with Crippen molar-refractivity contribution >= 4 is 17.8 Å². The van der Waals surface area contributed by atoms with E-state index in [2.05, 4.69) is 10.6 Å². The van der Waals surface area contributed by atoms with Gasteiger partial charge >= 0.3 is 12.2 Å². The number of hydrogen-bond acceptors (Lipinski definition) is 3. The van der Waals surface area contributed by atoms with E-state index in [0.717, 1.165) is 25.0 Å². The highest BCUT2D eigenvalue weighted by atomic mass is 19.4. The summed E-state index contributed by atoms with van der Waals surface area (Å²) in [5.41, 5.74) is -0.620. The summed E-state index contributed by atoms with van der Waals surface area (Å²) in [4.78, 5) is 38.4. The highest BCUT2D eigenvalue weighted by molar-refractivity contribution is 6.07. The van der Waals surface area contributed by atoms with Crippen molar-refractivity contribution in [3.8, 4) is 0 Å². The van der Waals surface area contributed by atoms with Gasteiger partial charge in [-0.05, 0) is 48.4 Å². The smallest absolute Gasteiger partial charge is 0.334 e. The summed E-state index contributed by atoms with van der Waals surface area (Å²) < 4.78 is 38.7. The van der Waals surface area contributed by atoms with E-state index in [0.29, 0.717) is 11.1 Å². The molecule has 0 radical (unpaired) electrons. The minimum atomic E-state index is -4.43. The fraction of sp³-hybridized carbons (Fsp3) is 0.526. The van der Waals surface area contributed by atoms with Crippen LogP contribution in [0.15, 0.2) is 18.2 Å². The second-order valence-corrected chi connectivity index (χ2v) is 7.93. The molecule has 1 aromatic rings. The van der Waals surface area contributed by atoms with E-state index in [1.54, 1.807) is 6.92 Å². The van der Waals surface area contributed by atoms with Crippen LogP contribution < -0.4 is 10.6 Å². The van der Waals surface area contributed by atoms with Gasteiger partial charge in [0.25, 0.3) is 5.91 Å². The van der Waals surface area contributed by atoms with Gasteiger partial charge in [-0.2, -0.15) is 13.2 Å². The highest BCUT2D eigenvalue weighted by Crippen LogP contribution is 2.45. The Hall–Kier alpha value is -2.58. The van der Waals surface area contributed by atoms with Gasteiger partial charge in [0.2, 0.25) is 5.91 Å². The van der Waals surface area contributed by atoms with Gasteiger partial charge in [0, 0.05) is 19.0 Å². The van der Waals surface area contributed by atoms with E-state index < -0.39 is 35.1 Å². The minimum Gasteiger partial charge on any atom is -0.334 e. The molecular weight excluding hydrogens is 375 g/mol. The molecular formula is C19H20F3N3O3. The number of halogens is 3. The van der Waals surface area contributed by atoms with Gasteiger partial charge in [0.15, 0.2) is 0 Å². The van der Waals surface area contributed by atoms with Crippen LogP contribution in [-0.2, 0) is 28.9 Å². The Morgan fingerprint density at radius 3 is 2.50 bits per heavy atom. The molecule has 1 saturated carbocycles. The first-order valence-electron chi connectivity index (χ1n) is 9.21. The van der Waals surface area contributed by atoms with Gasteiger partial charge in [-0.3, -0.25) is 14.9 Å². The second-order valence-electron chi connectivity index (χ2n) is 7.93. The zero-order chi connectivity index (χ0) is 20.3. The Morgan fingerprint density at radius 2 is 1.93 bits per heavy atom. The predicted molar refractivity (Wildman–Crippen MR) is 91.6 cm³/mol. The van der Waals surface area contributed by atoms with E-state index in [1.807, 2.05) is 0 Å². The monoisotopic (exact) mass is 395 g/mol. The number of hydrogen-bond donors (Lipinski definition) is 2. The van der Waals surface area contributed by atoms with E-state index >= 15 is 0 Å². The highest BCUT2D eigenvalue weighted by Gasteiger charge is 2.56. The number of benzene rings is 1. The van der Waals surface area contributed by atoms with Crippen molar-refractivity contribution in [1.29, 1.82) is 0 Å². The van der Waals surface area contributed by atoms with Crippen molar-refractivity contribution in [2.24, 2.45) is 11.8 Å². The molecule has 150 valence electrons. The maximum absolute atomic E-state index is 12.9. The zero-order valence-corrected chi connectivity index (χ0v) is 15.2. The van der Waals surface area contributed by atoms with Crippen LogP contribution in [-0.4, -0.2) is 28.3 Å². The van der Waals surface area contributed by atoms with Crippen LogP contribution in [0.3, 0.4) is 0 Å². The predicted octanol–water partition coefficient (Wildman–Crippen LogP) is 2.56. The average molecular weight is 395 g/mol. The topological polar surface area (TPSA) is 78.5 Å². The summed E-state index contributed by atoms with van der Waals surface area (Å²) in [6.45, 7) is 2.04. The summed E-state index contributed by atoms with van der Waals surface area (Å²) in [5, 5.41) is 4.96. The van der Waals surface area contributed by atoms with Gasteiger partial charge in [0.05, 0.1) is 5.56 Å². The number of carbonyl (C=O) groups excluding carboxylic acids is 3. The Labute approximate surface area is 159 Å². The second kappa shape index (κ2) is 6.22. The van der Waals surface area contributed by atoms with Crippen LogP contribution >= 0.6 is 0 Å². The molecule has 0 aromatic heterocycles. The van der Waals surface area contributed by atoms with Gasteiger partial charge in [-0.25, -0.2) is 4.79 Å². The molecule has 1 unspecified atom stereocenters. The molecule has 2 fully saturated rings. The van der Waals surface area contributed by atoms with Crippen LogP contribution in [0.2, 0.25) is 0 Å². The van der Waals surface area contributed by atoms with Crippen LogP contribution in [0.1, 0.15) is 42.9 Å². The Kier molecular flexibility index (Phi) is 4.17. The largest absolute Gasteiger partial charge is 0.416 e. The Morgan fingerprint density at radius 1 is 1.25 bits per heavy atom. The van der Waals surface area contributed by atoms with Crippen molar-refractivity contribution in [3.05, 3.63) is 34.9 Å². The lowest BCUT2D eigenvalue weighted by molar-refractivity contribution is -0.138. The lowest BCUT2D eigenvalue weighted by Crippen LogP contribution is -2.51. The molecule has 0 spiro atoms. The summed E-state index contributed by atoms with van der Waals surface area (Å²) in [6.07, 6.45) is -2.63. The molecule has 9 heteroatoms. The van der Waals surface area contributed by atoms with Crippen molar-refractivity contribution in [2.45, 2.75) is 51.0 Å². The van der Waals surface area contributed by atoms with Crippen molar-refractivity contribution in [3.63, 3.8) is 0 Å². The van der Waals surface area contributed by atoms with E-state index in [-0.39, 0.29) is 31.3 Å². The third kappa shape index (κ3) is 3.12. The number of fused-ring (bicyclic) bond motifs is 1. The lowest BCUT2D eigenvalue weighted by Gasteiger charge is -2.30. The first-order chi connectivity index (χ1) is 13.1. The molecule has 4 amide bonds. The van der Waals surface area contributed by atoms with Gasteiger partial charge in [-0.1, -0.05) is 13.0 Å². The number of amides is 4. The summed E-state index contributed by atoms with van der Waals surface area (Å²) in [5.74, 6) is -1.18. The zero-order valence-electron chi connectivity index (χ0n) is 15.2. The molecule has 3 aliphatic rings. The SMILES string of the molecule is CC(C[C@@]1(C2CC2)NC(=O)NC1=O)C(=O)N1Cc2ccc(C(F)(F)F)cc2C1. The molecule has 0 bridgehead atoms. The third-order valence-corrected chi connectivity index (χ3v) is 5.86. The minimum absolute atomic E-state index is 0.0133.